The molecular formula is C15H22ClN. The van der Waals surface area contributed by atoms with Crippen LogP contribution in [-0.4, -0.2) is 23.9 Å². The van der Waals surface area contributed by atoms with E-state index in [4.69, 9.17) is 11.6 Å². The van der Waals surface area contributed by atoms with Crippen LogP contribution in [0.1, 0.15) is 29.5 Å². The maximum absolute atomic E-state index is 5.97. The maximum Gasteiger partial charge on any atom is 0.0263 e. The van der Waals surface area contributed by atoms with Gasteiger partial charge in [-0.1, -0.05) is 29.3 Å². The summed E-state index contributed by atoms with van der Waals surface area (Å²) in [7, 11) is 0. The van der Waals surface area contributed by atoms with Gasteiger partial charge in [0.2, 0.25) is 0 Å². The van der Waals surface area contributed by atoms with Gasteiger partial charge in [-0.3, -0.25) is 4.90 Å². The predicted molar refractivity (Wildman–Crippen MR) is 74.6 cm³/mol. The molecule has 1 nitrogen and oxygen atoms in total. The number of aryl methyl sites for hydroxylation is 2. The summed E-state index contributed by atoms with van der Waals surface area (Å²) in [5.41, 5.74) is 4.18. The molecule has 17 heavy (non-hydrogen) atoms. The maximum atomic E-state index is 5.97. The van der Waals surface area contributed by atoms with Crippen LogP contribution in [0, 0.1) is 19.8 Å². The van der Waals surface area contributed by atoms with Crippen molar-refractivity contribution >= 4 is 11.6 Å². The smallest absolute Gasteiger partial charge is 0.0263 e. The standard InChI is InChI=1S/C15H22ClN/c1-12-6-13(2)8-15(7-12)11-17-5-3-4-14(9-16)10-17/h6-8,14H,3-5,9-11H2,1-2H3. The van der Waals surface area contributed by atoms with Crippen molar-refractivity contribution in [2.45, 2.75) is 33.2 Å². The number of hydrogen-bond donors (Lipinski definition) is 0. The number of piperidine rings is 1. The molecule has 0 amide bonds. The zero-order valence-corrected chi connectivity index (χ0v) is 11.6. The first-order valence-electron chi connectivity index (χ1n) is 6.53. The molecule has 0 aliphatic carbocycles. The Morgan fingerprint density at radius 2 is 1.94 bits per heavy atom. The molecule has 0 bridgehead atoms. The highest BCUT2D eigenvalue weighted by Crippen LogP contribution is 2.20. The number of benzene rings is 1. The van der Waals surface area contributed by atoms with Crippen LogP contribution < -0.4 is 0 Å². The van der Waals surface area contributed by atoms with Crippen LogP contribution >= 0.6 is 11.6 Å². The molecule has 0 radical (unpaired) electrons. The highest BCUT2D eigenvalue weighted by atomic mass is 35.5. The van der Waals surface area contributed by atoms with Crippen molar-refractivity contribution in [3.63, 3.8) is 0 Å². The molecule has 1 heterocycles. The average molecular weight is 252 g/mol. The van der Waals surface area contributed by atoms with Gasteiger partial charge in [-0.15, -0.1) is 11.6 Å². The zero-order valence-electron chi connectivity index (χ0n) is 10.9. The van der Waals surface area contributed by atoms with Gasteiger partial charge in [-0.25, -0.2) is 0 Å². The van der Waals surface area contributed by atoms with E-state index in [1.807, 2.05) is 0 Å². The summed E-state index contributed by atoms with van der Waals surface area (Å²) >= 11 is 5.97. The minimum atomic E-state index is 0.691. The van der Waals surface area contributed by atoms with Gasteiger partial charge in [-0.05, 0) is 44.7 Å². The summed E-state index contributed by atoms with van der Waals surface area (Å²) in [6, 6.07) is 6.84. The number of nitrogens with zero attached hydrogens (tertiary/aromatic N) is 1. The van der Waals surface area contributed by atoms with E-state index in [1.54, 1.807) is 0 Å². The topological polar surface area (TPSA) is 3.24 Å². The minimum absolute atomic E-state index is 0.691. The molecule has 1 fully saturated rings. The minimum Gasteiger partial charge on any atom is -0.299 e. The number of alkyl halides is 1. The van der Waals surface area contributed by atoms with Gasteiger partial charge in [0.1, 0.15) is 0 Å². The van der Waals surface area contributed by atoms with Gasteiger partial charge in [0, 0.05) is 19.0 Å². The zero-order chi connectivity index (χ0) is 12.3. The Morgan fingerprint density at radius 3 is 2.59 bits per heavy atom. The number of rotatable bonds is 3. The Balaban J connectivity index is 2.00. The van der Waals surface area contributed by atoms with E-state index >= 15 is 0 Å². The summed E-state index contributed by atoms with van der Waals surface area (Å²) in [5.74, 6) is 1.50. The highest BCUT2D eigenvalue weighted by Gasteiger charge is 2.18. The Labute approximate surface area is 110 Å². The molecule has 2 heteroatoms. The molecule has 0 aromatic heterocycles. The van der Waals surface area contributed by atoms with E-state index in [2.05, 4.69) is 36.9 Å². The van der Waals surface area contributed by atoms with Crippen molar-refractivity contribution < 1.29 is 0 Å². The fourth-order valence-electron chi connectivity index (χ4n) is 2.84. The second-order valence-corrected chi connectivity index (χ2v) is 5.70. The van der Waals surface area contributed by atoms with E-state index < -0.39 is 0 Å². The third-order valence-electron chi connectivity index (χ3n) is 3.51. The molecule has 0 saturated carbocycles. The SMILES string of the molecule is Cc1cc(C)cc(CN2CCCC(CCl)C2)c1. The quantitative estimate of drug-likeness (QED) is 0.740. The normalized spacial score (nSPS) is 21.7. The molecule has 2 rings (SSSR count). The summed E-state index contributed by atoms with van der Waals surface area (Å²) in [5, 5.41) is 0. The van der Waals surface area contributed by atoms with E-state index in [0.717, 1.165) is 19.0 Å². The van der Waals surface area contributed by atoms with Crippen LogP contribution in [0.3, 0.4) is 0 Å². The molecule has 0 N–H and O–H groups in total. The first-order valence-corrected chi connectivity index (χ1v) is 7.06. The Hall–Kier alpha value is -0.530. The van der Waals surface area contributed by atoms with Crippen LogP contribution in [-0.2, 0) is 6.54 Å². The second kappa shape index (κ2) is 5.88. The van der Waals surface area contributed by atoms with Gasteiger partial charge in [0.05, 0.1) is 0 Å². The fraction of sp³-hybridized carbons (Fsp3) is 0.600. The summed E-state index contributed by atoms with van der Waals surface area (Å²) in [6.07, 6.45) is 2.59. The molecule has 1 atom stereocenters. The van der Waals surface area contributed by atoms with Crippen molar-refractivity contribution in [3.8, 4) is 0 Å². The largest absolute Gasteiger partial charge is 0.299 e. The van der Waals surface area contributed by atoms with E-state index in [0.29, 0.717) is 5.92 Å². The van der Waals surface area contributed by atoms with Crippen molar-refractivity contribution in [1.29, 1.82) is 0 Å². The molecule has 0 spiro atoms. The van der Waals surface area contributed by atoms with Gasteiger partial charge < -0.3 is 0 Å². The second-order valence-electron chi connectivity index (χ2n) is 5.39. The molecule has 1 aliphatic heterocycles. The molecule has 1 aliphatic rings. The van der Waals surface area contributed by atoms with E-state index in [-0.39, 0.29) is 0 Å². The van der Waals surface area contributed by atoms with Gasteiger partial charge in [0.25, 0.3) is 0 Å². The van der Waals surface area contributed by atoms with E-state index in [9.17, 15) is 0 Å². The lowest BCUT2D eigenvalue weighted by molar-refractivity contribution is 0.178. The first-order chi connectivity index (χ1) is 8.17. The molecule has 1 aromatic rings. The van der Waals surface area contributed by atoms with Crippen molar-refractivity contribution in [3.05, 3.63) is 34.9 Å². The molecule has 1 aromatic carbocycles. The number of halogens is 1. The molecule has 1 unspecified atom stereocenters. The lowest BCUT2D eigenvalue weighted by atomic mass is 9.99. The first kappa shape index (κ1) is 12.9. The van der Waals surface area contributed by atoms with Gasteiger partial charge >= 0.3 is 0 Å². The third kappa shape index (κ3) is 3.72. The van der Waals surface area contributed by atoms with Crippen LogP contribution in [0.25, 0.3) is 0 Å². The fourth-order valence-corrected chi connectivity index (χ4v) is 3.09. The van der Waals surface area contributed by atoms with Gasteiger partial charge in [-0.2, -0.15) is 0 Å². The predicted octanol–water partition coefficient (Wildman–Crippen LogP) is 3.75. The monoisotopic (exact) mass is 251 g/mol. The summed E-state index contributed by atoms with van der Waals surface area (Å²) in [6.45, 7) is 7.81. The summed E-state index contributed by atoms with van der Waals surface area (Å²) < 4.78 is 0. The van der Waals surface area contributed by atoms with Crippen LogP contribution in [0.5, 0.6) is 0 Å². The van der Waals surface area contributed by atoms with Crippen molar-refractivity contribution in [2.24, 2.45) is 5.92 Å². The van der Waals surface area contributed by atoms with Crippen molar-refractivity contribution in [2.75, 3.05) is 19.0 Å². The number of hydrogen-bond acceptors (Lipinski definition) is 1. The molecule has 1 saturated heterocycles. The van der Waals surface area contributed by atoms with Gasteiger partial charge in [0.15, 0.2) is 0 Å². The van der Waals surface area contributed by atoms with Crippen LogP contribution in [0.15, 0.2) is 18.2 Å². The van der Waals surface area contributed by atoms with Crippen molar-refractivity contribution in [1.82, 2.24) is 4.90 Å². The molecular weight excluding hydrogens is 230 g/mol. The average Bonchev–Trinajstić information content (AvgIpc) is 2.28. The summed E-state index contributed by atoms with van der Waals surface area (Å²) in [4.78, 5) is 2.55. The lowest BCUT2D eigenvalue weighted by Gasteiger charge is -2.31. The highest BCUT2D eigenvalue weighted by molar-refractivity contribution is 6.18. The Morgan fingerprint density at radius 1 is 1.24 bits per heavy atom. The Kier molecular flexibility index (Phi) is 4.47. The lowest BCUT2D eigenvalue weighted by Crippen LogP contribution is -2.35. The molecule has 94 valence electrons. The van der Waals surface area contributed by atoms with Crippen LogP contribution in [0.2, 0.25) is 0 Å². The Bertz CT molecular complexity index is 355. The third-order valence-corrected chi connectivity index (χ3v) is 3.95. The van der Waals surface area contributed by atoms with Crippen LogP contribution in [0.4, 0.5) is 0 Å². The number of likely N-dealkylation sites (tertiary alicyclic amines) is 1. The van der Waals surface area contributed by atoms with E-state index in [1.165, 1.54) is 36.1 Å².